The molecule has 2 heterocycles. The third kappa shape index (κ3) is 7.28. The van der Waals surface area contributed by atoms with Gasteiger partial charge in [0.1, 0.15) is 6.04 Å². The molecule has 0 aliphatic carbocycles. The van der Waals surface area contributed by atoms with Crippen molar-refractivity contribution in [2.75, 3.05) is 31.6 Å². The van der Waals surface area contributed by atoms with Crippen molar-refractivity contribution < 1.29 is 35.9 Å². The Morgan fingerprint density at radius 2 is 1.76 bits per heavy atom. The van der Waals surface area contributed by atoms with Crippen LogP contribution in [0, 0.1) is 0 Å². The van der Waals surface area contributed by atoms with E-state index in [9.17, 15) is 31.2 Å². The van der Waals surface area contributed by atoms with Crippen molar-refractivity contribution in [3.63, 3.8) is 0 Å². The molecular weight excluding hydrogens is 593 g/mol. The number of ether oxygens (including phenoxy) is 1. The molecule has 42 heavy (non-hydrogen) atoms. The lowest BCUT2D eigenvalue weighted by molar-refractivity contribution is -0.140. The largest absolute Gasteiger partial charge is 0.469 e. The number of carbonyl (C=O) groups is 2. The lowest BCUT2D eigenvalue weighted by Crippen LogP contribution is -2.60. The number of hydrogen-bond acceptors (Lipinski definition) is 8. The molecule has 0 bridgehead atoms. The van der Waals surface area contributed by atoms with Gasteiger partial charge in [-0.15, -0.1) is 11.3 Å². The minimum Gasteiger partial charge on any atom is -0.469 e. The fraction of sp³-hybridized carbons (Fsp3) is 0.393. The molecule has 9 nitrogen and oxygen atoms in total. The first kappa shape index (κ1) is 31.4. The minimum absolute atomic E-state index is 0.0330. The number of nitrogens with one attached hydrogen (secondary N) is 1. The number of halogens is 3. The van der Waals surface area contributed by atoms with E-state index in [2.05, 4.69) is 28.9 Å². The standard InChI is InChI=1S/C28H31F3N4O5S2/c1-18(2)20-6-4-19(5-7-20)15-32-26(37)24-16-34(27-33-22(17-41-27)14-25(36)40-3)12-13-35(24)42(38,39)23-10-8-21(9-11-23)28(29,30)31/h4-11,17-18,24H,12-16H2,1-3H3,(H,32,37)/t24-/m1/s1. The number of aromatic nitrogens is 1. The van der Waals surface area contributed by atoms with Crippen molar-refractivity contribution in [1.82, 2.24) is 14.6 Å². The first-order chi connectivity index (χ1) is 19.8. The Morgan fingerprint density at radius 3 is 2.36 bits per heavy atom. The average Bonchev–Trinajstić information content (AvgIpc) is 3.43. The third-order valence-electron chi connectivity index (χ3n) is 6.90. The van der Waals surface area contributed by atoms with E-state index in [4.69, 9.17) is 0 Å². The highest BCUT2D eigenvalue weighted by atomic mass is 32.2. The molecule has 1 aliphatic rings. The van der Waals surface area contributed by atoms with E-state index < -0.39 is 39.7 Å². The molecule has 1 atom stereocenters. The summed E-state index contributed by atoms with van der Waals surface area (Å²) in [6, 6.07) is 9.71. The van der Waals surface area contributed by atoms with Gasteiger partial charge in [0.25, 0.3) is 0 Å². The number of benzene rings is 2. The Labute approximate surface area is 246 Å². The van der Waals surface area contributed by atoms with Crippen LogP contribution >= 0.6 is 11.3 Å². The maximum absolute atomic E-state index is 13.6. The number of esters is 1. The van der Waals surface area contributed by atoms with Crippen LogP contribution in [0.1, 0.15) is 42.1 Å². The molecule has 0 saturated carbocycles. The van der Waals surface area contributed by atoms with Gasteiger partial charge in [0.2, 0.25) is 15.9 Å². The number of amides is 1. The van der Waals surface area contributed by atoms with E-state index in [1.807, 2.05) is 24.3 Å². The second-order valence-electron chi connectivity index (χ2n) is 10.1. The van der Waals surface area contributed by atoms with Crippen LogP contribution in [0.2, 0.25) is 0 Å². The van der Waals surface area contributed by atoms with Gasteiger partial charge in [0, 0.05) is 31.6 Å². The number of thiazole rings is 1. The second kappa shape index (κ2) is 12.8. The molecule has 3 aromatic rings. The summed E-state index contributed by atoms with van der Waals surface area (Å²) < 4.78 is 72.2. The van der Waals surface area contributed by atoms with Gasteiger partial charge in [-0.05, 0) is 41.3 Å². The average molecular weight is 625 g/mol. The summed E-state index contributed by atoms with van der Waals surface area (Å²) in [6.07, 6.45) is -4.65. The van der Waals surface area contributed by atoms with Crippen LogP contribution in [0.4, 0.5) is 18.3 Å². The van der Waals surface area contributed by atoms with Gasteiger partial charge in [-0.1, -0.05) is 38.1 Å². The number of sulfonamides is 1. The first-order valence-corrected chi connectivity index (χ1v) is 15.4. The van der Waals surface area contributed by atoms with Crippen LogP contribution < -0.4 is 10.2 Å². The minimum atomic E-state index is -4.62. The summed E-state index contributed by atoms with van der Waals surface area (Å²) in [5.41, 5.74) is 1.46. The molecule has 0 radical (unpaired) electrons. The summed E-state index contributed by atoms with van der Waals surface area (Å²) in [7, 11) is -3.06. The predicted molar refractivity (Wildman–Crippen MR) is 152 cm³/mol. The van der Waals surface area contributed by atoms with E-state index >= 15 is 0 Å². The molecule has 1 amide bonds. The van der Waals surface area contributed by atoms with Crippen molar-refractivity contribution in [2.45, 2.75) is 49.8 Å². The number of rotatable bonds is 9. The third-order valence-corrected chi connectivity index (χ3v) is 9.77. The quantitative estimate of drug-likeness (QED) is 0.356. The topological polar surface area (TPSA) is 109 Å². The van der Waals surface area contributed by atoms with Gasteiger partial charge in [-0.25, -0.2) is 13.4 Å². The normalized spacial score (nSPS) is 16.5. The molecule has 1 saturated heterocycles. The first-order valence-electron chi connectivity index (χ1n) is 13.1. The molecule has 1 fully saturated rings. The molecule has 14 heteroatoms. The highest BCUT2D eigenvalue weighted by molar-refractivity contribution is 7.89. The van der Waals surface area contributed by atoms with Gasteiger partial charge in [-0.3, -0.25) is 9.59 Å². The number of nitrogens with zero attached hydrogens (tertiary/aromatic N) is 3. The SMILES string of the molecule is COC(=O)Cc1csc(N2CCN(S(=O)(=O)c3ccc(C(F)(F)F)cc3)[C@@H](C(=O)NCc3ccc(C(C)C)cc3)C2)n1. The zero-order valence-electron chi connectivity index (χ0n) is 23.2. The molecule has 0 spiro atoms. The van der Waals surface area contributed by atoms with Crippen molar-refractivity contribution in [3.8, 4) is 0 Å². The Bertz CT molecular complexity index is 1510. The van der Waals surface area contributed by atoms with E-state index in [-0.39, 0.29) is 37.5 Å². The Kier molecular flexibility index (Phi) is 9.58. The van der Waals surface area contributed by atoms with Crippen LogP contribution in [-0.2, 0) is 43.5 Å². The molecule has 1 aromatic heterocycles. The fourth-order valence-corrected chi connectivity index (χ4v) is 6.90. The van der Waals surface area contributed by atoms with Gasteiger partial charge < -0.3 is 15.0 Å². The van der Waals surface area contributed by atoms with Gasteiger partial charge >= 0.3 is 12.1 Å². The lowest BCUT2D eigenvalue weighted by atomic mass is 10.0. The molecule has 0 unspecified atom stereocenters. The molecular formula is C28H31F3N4O5S2. The highest BCUT2D eigenvalue weighted by Gasteiger charge is 2.41. The summed E-state index contributed by atoms with van der Waals surface area (Å²) in [5.74, 6) is -0.683. The van der Waals surface area contributed by atoms with Gasteiger partial charge in [-0.2, -0.15) is 17.5 Å². The maximum atomic E-state index is 13.6. The Balaban J connectivity index is 1.58. The molecule has 226 valence electrons. The fourth-order valence-electron chi connectivity index (χ4n) is 4.46. The zero-order chi connectivity index (χ0) is 30.7. The summed E-state index contributed by atoms with van der Waals surface area (Å²) in [5, 5.41) is 5.00. The van der Waals surface area contributed by atoms with Crippen LogP contribution in [0.5, 0.6) is 0 Å². The van der Waals surface area contributed by atoms with Gasteiger partial charge in [0.05, 0.1) is 29.7 Å². The Morgan fingerprint density at radius 1 is 1.10 bits per heavy atom. The Hall–Kier alpha value is -3.49. The van der Waals surface area contributed by atoms with Crippen LogP contribution in [0.3, 0.4) is 0 Å². The van der Waals surface area contributed by atoms with Crippen LogP contribution in [0.15, 0.2) is 58.8 Å². The number of hydrogen-bond donors (Lipinski definition) is 1. The van der Waals surface area contributed by atoms with E-state index in [1.54, 1.807) is 10.3 Å². The zero-order valence-corrected chi connectivity index (χ0v) is 24.9. The van der Waals surface area contributed by atoms with Crippen molar-refractivity contribution in [1.29, 1.82) is 0 Å². The molecule has 2 aromatic carbocycles. The molecule has 4 rings (SSSR count). The summed E-state index contributed by atoms with van der Waals surface area (Å²) >= 11 is 1.25. The van der Waals surface area contributed by atoms with E-state index in [1.165, 1.54) is 18.4 Å². The second-order valence-corrected chi connectivity index (χ2v) is 12.8. The summed E-state index contributed by atoms with van der Waals surface area (Å²) in [4.78, 5) is 31.0. The number of carbonyl (C=O) groups excluding carboxylic acids is 2. The van der Waals surface area contributed by atoms with Crippen molar-refractivity contribution in [3.05, 3.63) is 76.3 Å². The van der Waals surface area contributed by atoms with E-state index in [0.717, 1.165) is 27.6 Å². The molecule has 1 aliphatic heterocycles. The highest BCUT2D eigenvalue weighted by Crippen LogP contribution is 2.32. The predicted octanol–water partition coefficient (Wildman–Crippen LogP) is 4.20. The van der Waals surface area contributed by atoms with Crippen molar-refractivity contribution >= 4 is 38.4 Å². The molecule has 1 N–H and O–H groups in total. The smallest absolute Gasteiger partial charge is 0.416 e. The number of piperazine rings is 1. The maximum Gasteiger partial charge on any atom is 0.416 e. The number of alkyl halides is 3. The monoisotopic (exact) mass is 624 g/mol. The van der Waals surface area contributed by atoms with Crippen molar-refractivity contribution in [2.24, 2.45) is 0 Å². The van der Waals surface area contributed by atoms with Gasteiger partial charge in [0.15, 0.2) is 5.13 Å². The lowest BCUT2D eigenvalue weighted by Gasteiger charge is -2.39. The number of anilines is 1. The van der Waals surface area contributed by atoms with Crippen LogP contribution in [0.25, 0.3) is 0 Å². The number of methoxy groups -OCH3 is 1. The summed E-state index contributed by atoms with van der Waals surface area (Å²) in [6.45, 7) is 4.30. The van der Waals surface area contributed by atoms with E-state index in [0.29, 0.717) is 28.9 Å². The van der Waals surface area contributed by atoms with Crippen LogP contribution in [-0.4, -0.2) is 62.4 Å².